The highest BCUT2D eigenvalue weighted by Crippen LogP contribution is 2.30. The number of fused-ring (bicyclic) bond motifs is 1. The number of amides is 1. The highest BCUT2D eigenvalue weighted by atomic mass is 16.4. The van der Waals surface area contributed by atoms with Gasteiger partial charge in [0.15, 0.2) is 11.5 Å². The van der Waals surface area contributed by atoms with Gasteiger partial charge in [0.05, 0.1) is 0 Å². The van der Waals surface area contributed by atoms with Gasteiger partial charge in [-0.05, 0) is 47.2 Å². The lowest BCUT2D eigenvalue weighted by Gasteiger charge is -2.16. The van der Waals surface area contributed by atoms with Crippen LogP contribution < -0.4 is 5.32 Å². The van der Waals surface area contributed by atoms with Gasteiger partial charge < -0.3 is 20.6 Å². The number of phenols is 2. The molecule has 0 aromatic heterocycles. The number of rotatable bonds is 7. The lowest BCUT2D eigenvalue weighted by Crippen LogP contribution is -2.41. The standard InChI is InChI=1S/C21H21NO5/c23-18-9-5-13(11-19(18)24)6-10-20(25)22-17(21(26)27)12-15-8-7-14-3-1-2-4-16(14)15/h1-5,8-9,11,17,23-24H,6-7,10,12H2,(H,22,25)(H,26,27)/t17-/m0/s1. The van der Waals surface area contributed by atoms with Crippen molar-refractivity contribution in [3.8, 4) is 11.5 Å². The first-order valence-corrected chi connectivity index (χ1v) is 8.74. The van der Waals surface area contributed by atoms with E-state index in [1.54, 1.807) is 6.07 Å². The molecule has 0 saturated heterocycles. The van der Waals surface area contributed by atoms with Gasteiger partial charge in [0.1, 0.15) is 6.04 Å². The third-order valence-electron chi connectivity index (χ3n) is 4.67. The van der Waals surface area contributed by atoms with Gasteiger partial charge in [-0.1, -0.05) is 36.4 Å². The smallest absolute Gasteiger partial charge is 0.326 e. The summed E-state index contributed by atoms with van der Waals surface area (Å²) in [5.74, 6) is -1.92. The van der Waals surface area contributed by atoms with E-state index in [9.17, 15) is 24.9 Å². The molecule has 4 N–H and O–H groups in total. The molecule has 0 aliphatic heterocycles. The van der Waals surface area contributed by atoms with Crippen LogP contribution in [0, 0.1) is 0 Å². The Balaban J connectivity index is 1.59. The minimum absolute atomic E-state index is 0.0869. The van der Waals surface area contributed by atoms with Crippen molar-refractivity contribution in [2.75, 3.05) is 0 Å². The molecule has 0 unspecified atom stereocenters. The summed E-state index contributed by atoms with van der Waals surface area (Å²) in [5, 5.41) is 30.9. The molecule has 0 saturated carbocycles. The van der Waals surface area contributed by atoms with Gasteiger partial charge >= 0.3 is 5.97 Å². The molecule has 27 heavy (non-hydrogen) atoms. The van der Waals surface area contributed by atoms with Gasteiger partial charge in [0.2, 0.25) is 5.91 Å². The maximum Gasteiger partial charge on any atom is 0.326 e. The SMILES string of the molecule is O=C(CCc1ccc(O)c(O)c1)N[C@@H](CC1=CCc2ccccc21)C(=O)O. The molecule has 0 fully saturated rings. The first kappa shape index (κ1) is 18.5. The Labute approximate surface area is 156 Å². The van der Waals surface area contributed by atoms with Crippen LogP contribution in [-0.2, 0) is 22.4 Å². The number of carboxylic acid groups (broad SMARTS) is 1. The molecule has 0 spiro atoms. The summed E-state index contributed by atoms with van der Waals surface area (Å²) in [5.41, 5.74) is 3.81. The Kier molecular flexibility index (Phi) is 5.45. The molecule has 2 aromatic rings. The van der Waals surface area contributed by atoms with Crippen LogP contribution in [0.15, 0.2) is 48.5 Å². The van der Waals surface area contributed by atoms with Crippen LogP contribution in [-0.4, -0.2) is 33.2 Å². The number of carboxylic acids is 1. The number of nitrogens with one attached hydrogen (secondary N) is 1. The summed E-state index contributed by atoms with van der Waals surface area (Å²) in [7, 11) is 0. The number of aryl methyl sites for hydroxylation is 1. The molecule has 0 radical (unpaired) electrons. The average Bonchev–Trinajstić information content (AvgIpc) is 3.05. The summed E-state index contributed by atoms with van der Waals surface area (Å²) < 4.78 is 0. The molecule has 0 heterocycles. The zero-order chi connectivity index (χ0) is 19.4. The number of hydrogen-bond acceptors (Lipinski definition) is 4. The van der Waals surface area contributed by atoms with Crippen molar-refractivity contribution in [3.05, 3.63) is 65.2 Å². The van der Waals surface area contributed by atoms with Crippen LogP contribution in [0.1, 0.15) is 29.5 Å². The molecule has 6 nitrogen and oxygen atoms in total. The summed E-state index contributed by atoms with van der Waals surface area (Å²) in [4.78, 5) is 23.8. The monoisotopic (exact) mass is 367 g/mol. The summed E-state index contributed by atoms with van der Waals surface area (Å²) >= 11 is 0. The Morgan fingerprint density at radius 3 is 2.59 bits per heavy atom. The predicted molar refractivity (Wildman–Crippen MR) is 100 cm³/mol. The highest BCUT2D eigenvalue weighted by Gasteiger charge is 2.24. The van der Waals surface area contributed by atoms with Crippen LogP contribution in [0.5, 0.6) is 11.5 Å². The van der Waals surface area contributed by atoms with Gasteiger partial charge in [0, 0.05) is 12.8 Å². The van der Waals surface area contributed by atoms with E-state index in [2.05, 4.69) is 5.32 Å². The maximum atomic E-state index is 12.2. The number of benzene rings is 2. The molecule has 3 rings (SSSR count). The van der Waals surface area contributed by atoms with Gasteiger partial charge in [-0.2, -0.15) is 0 Å². The Morgan fingerprint density at radius 1 is 1.07 bits per heavy atom. The van der Waals surface area contributed by atoms with Crippen molar-refractivity contribution in [2.24, 2.45) is 0 Å². The van der Waals surface area contributed by atoms with E-state index in [0.29, 0.717) is 12.0 Å². The second-order valence-corrected chi connectivity index (χ2v) is 6.58. The number of hydrogen-bond donors (Lipinski definition) is 4. The minimum Gasteiger partial charge on any atom is -0.504 e. The van der Waals surface area contributed by atoms with Crippen LogP contribution in [0.2, 0.25) is 0 Å². The van der Waals surface area contributed by atoms with Gasteiger partial charge in [-0.3, -0.25) is 4.79 Å². The fraction of sp³-hybridized carbons (Fsp3) is 0.238. The number of aliphatic carboxylic acids is 1. The highest BCUT2D eigenvalue weighted by molar-refractivity contribution is 5.86. The van der Waals surface area contributed by atoms with E-state index in [-0.39, 0.29) is 30.2 Å². The molecule has 1 atom stereocenters. The van der Waals surface area contributed by atoms with Crippen LogP contribution >= 0.6 is 0 Å². The van der Waals surface area contributed by atoms with E-state index in [0.717, 1.165) is 23.1 Å². The fourth-order valence-corrected chi connectivity index (χ4v) is 3.22. The molecule has 1 aliphatic carbocycles. The quantitative estimate of drug-likeness (QED) is 0.563. The van der Waals surface area contributed by atoms with Gasteiger partial charge in [0.25, 0.3) is 0 Å². The average molecular weight is 367 g/mol. The zero-order valence-electron chi connectivity index (χ0n) is 14.7. The van der Waals surface area contributed by atoms with Gasteiger partial charge in [-0.15, -0.1) is 0 Å². The van der Waals surface area contributed by atoms with Crippen molar-refractivity contribution in [1.29, 1.82) is 0 Å². The molecule has 1 amide bonds. The normalized spacial score (nSPS) is 13.6. The third kappa shape index (κ3) is 4.47. The number of phenolic OH excluding ortho intramolecular Hbond substituents is 2. The van der Waals surface area contributed by atoms with Crippen LogP contribution in [0.25, 0.3) is 5.57 Å². The Morgan fingerprint density at radius 2 is 1.85 bits per heavy atom. The molecule has 0 bridgehead atoms. The van der Waals surface area contributed by atoms with E-state index in [4.69, 9.17) is 0 Å². The summed E-state index contributed by atoms with van der Waals surface area (Å²) in [6.45, 7) is 0. The van der Waals surface area contributed by atoms with Gasteiger partial charge in [-0.25, -0.2) is 4.79 Å². The van der Waals surface area contributed by atoms with Crippen LogP contribution in [0.4, 0.5) is 0 Å². The molecule has 2 aromatic carbocycles. The second kappa shape index (κ2) is 7.95. The van der Waals surface area contributed by atoms with E-state index >= 15 is 0 Å². The lowest BCUT2D eigenvalue weighted by molar-refractivity contribution is -0.141. The molecular weight excluding hydrogens is 346 g/mol. The first-order chi connectivity index (χ1) is 12.9. The van der Waals surface area contributed by atoms with Crippen molar-refractivity contribution in [2.45, 2.75) is 31.7 Å². The number of aromatic hydroxyl groups is 2. The van der Waals surface area contributed by atoms with E-state index in [1.165, 1.54) is 12.1 Å². The van der Waals surface area contributed by atoms with Crippen molar-refractivity contribution in [1.82, 2.24) is 5.32 Å². The summed E-state index contributed by atoms with van der Waals surface area (Å²) in [6, 6.07) is 11.2. The molecule has 1 aliphatic rings. The predicted octanol–water partition coefficient (Wildman–Crippen LogP) is 2.63. The fourth-order valence-electron chi connectivity index (χ4n) is 3.22. The lowest BCUT2D eigenvalue weighted by atomic mass is 9.99. The molecule has 140 valence electrons. The third-order valence-corrected chi connectivity index (χ3v) is 4.67. The van der Waals surface area contributed by atoms with Crippen molar-refractivity contribution in [3.63, 3.8) is 0 Å². The first-order valence-electron chi connectivity index (χ1n) is 8.74. The largest absolute Gasteiger partial charge is 0.504 e. The maximum absolute atomic E-state index is 12.2. The Hall–Kier alpha value is -3.28. The Bertz CT molecular complexity index is 903. The van der Waals surface area contributed by atoms with E-state index < -0.39 is 12.0 Å². The van der Waals surface area contributed by atoms with E-state index in [1.807, 2.05) is 30.3 Å². The van der Waals surface area contributed by atoms with Crippen molar-refractivity contribution >= 4 is 17.4 Å². The summed E-state index contributed by atoms with van der Waals surface area (Å²) in [6.07, 6.45) is 3.43. The van der Waals surface area contributed by atoms with Crippen molar-refractivity contribution < 1.29 is 24.9 Å². The topological polar surface area (TPSA) is 107 Å². The zero-order valence-corrected chi connectivity index (χ0v) is 14.7. The number of allylic oxidation sites excluding steroid dienone is 1. The van der Waals surface area contributed by atoms with Crippen LogP contribution in [0.3, 0.4) is 0 Å². The second-order valence-electron chi connectivity index (χ2n) is 6.58. The molecular formula is C21H21NO5. The number of carbonyl (C=O) groups is 2. The number of carbonyl (C=O) groups excluding carboxylic acids is 1. The minimum atomic E-state index is -1.07. The molecule has 6 heteroatoms.